The highest BCUT2D eigenvalue weighted by Gasteiger charge is 2.25. The van der Waals surface area contributed by atoms with Crippen molar-refractivity contribution in [2.45, 2.75) is 0 Å². The molecule has 10 aromatic rings. The van der Waals surface area contributed by atoms with Crippen LogP contribution < -0.4 is 0 Å². The zero-order valence-electron chi connectivity index (χ0n) is 26.2. The summed E-state index contributed by atoms with van der Waals surface area (Å²) in [7, 11) is 0. The monoisotopic (exact) mass is 623 g/mol. The predicted molar refractivity (Wildman–Crippen MR) is 200 cm³/mol. The van der Waals surface area contributed by atoms with Crippen LogP contribution in [0, 0.1) is 0 Å². The molecule has 0 saturated heterocycles. The molecule has 226 valence electrons. The molecule has 2 aromatic heterocycles. The highest BCUT2D eigenvalue weighted by atomic mass is 16.3. The summed E-state index contributed by atoms with van der Waals surface area (Å²) in [6.45, 7) is 0. The zero-order valence-corrected chi connectivity index (χ0v) is 26.2. The van der Waals surface area contributed by atoms with Gasteiger partial charge in [0.15, 0.2) is 17.5 Å². The minimum atomic E-state index is 0.621. The first-order chi connectivity index (χ1) is 24.3. The number of nitrogens with zero attached hydrogens (tertiary/aromatic N) is 3. The standard InChI is InChI=1S/C45H25N3O/c1-2-11-28-23-29(20-19-26(28)9-1)43-46-44(48-45(47-43)35-17-7-12-27-10-3-4-13-31(27)35)30-21-22-40-37(24-30)39-25-38-33-15-6-5-14-32(33)34-16-8-18-36(41(34)38)42(39)49-40/h1-25H. The third-order valence-electron chi connectivity index (χ3n) is 10.0. The van der Waals surface area contributed by atoms with Crippen molar-refractivity contribution in [1.82, 2.24) is 15.0 Å². The van der Waals surface area contributed by atoms with Crippen molar-refractivity contribution < 1.29 is 4.42 Å². The number of fused-ring (bicyclic) bond motifs is 9. The fraction of sp³-hybridized carbons (Fsp3) is 0. The van der Waals surface area contributed by atoms with Crippen LogP contribution in [0.5, 0.6) is 0 Å². The van der Waals surface area contributed by atoms with Crippen LogP contribution >= 0.6 is 0 Å². The summed E-state index contributed by atoms with van der Waals surface area (Å²) in [6, 6.07) is 53.2. The Morgan fingerprint density at radius 1 is 0.347 bits per heavy atom. The van der Waals surface area contributed by atoms with Gasteiger partial charge in [-0.2, -0.15) is 0 Å². The van der Waals surface area contributed by atoms with Crippen molar-refractivity contribution in [2.75, 3.05) is 0 Å². The van der Waals surface area contributed by atoms with E-state index in [-0.39, 0.29) is 0 Å². The Hall–Kier alpha value is -6.65. The summed E-state index contributed by atoms with van der Waals surface area (Å²) in [5.74, 6) is 1.90. The second-order valence-corrected chi connectivity index (χ2v) is 12.8. The Morgan fingerprint density at radius 3 is 1.84 bits per heavy atom. The van der Waals surface area contributed by atoms with Gasteiger partial charge in [-0.05, 0) is 74.1 Å². The van der Waals surface area contributed by atoms with Crippen LogP contribution in [0.3, 0.4) is 0 Å². The minimum absolute atomic E-state index is 0.621. The highest BCUT2D eigenvalue weighted by Crippen LogP contribution is 2.50. The fourth-order valence-electron chi connectivity index (χ4n) is 7.74. The lowest BCUT2D eigenvalue weighted by atomic mass is 9.99. The van der Waals surface area contributed by atoms with Gasteiger partial charge in [0.05, 0.1) is 0 Å². The van der Waals surface area contributed by atoms with Crippen molar-refractivity contribution in [3.05, 3.63) is 152 Å². The van der Waals surface area contributed by atoms with Crippen LogP contribution in [0.4, 0.5) is 0 Å². The van der Waals surface area contributed by atoms with Gasteiger partial charge >= 0.3 is 0 Å². The quantitative estimate of drug-likeness (QED) is 0.196. The molecule has 0 N–H and O–H groups in total. The summed E-state index contributed by atoms with van der Waals surface area (Å²) in [5, 5.41) is 9.09. The summed E-state index contributed by atoms with van der Waals surface area (Å²) in [6.07, 6.45) is 0. The number of hydrogen-bond acceptors (Lipinski definition) is 4. The van der Waals surface area contributed by atoms with E-state index in [0.29, 0.717) is 17.5 Å². The number of aromatic nitrogens is 3. The van der Waals surface area contributed by atoms with Gasteiger partial charge in [-0.25, -0.2) is 15.0 Å². The van der Waals surface area contributed by atoms with Gasteiger partial charge in [-0.15, -0.1) is 0 Å². The molecule has 1 aliphatic carbocycles. The van der Waals surface area contributed by atoms with Crippen molar-refractivity contribution >= 4 is 54.3 Å². The van der Waals surface area contributed by atoms with Crippen LogP contribution in [-0.2, 0) is 0 Å². The number of furan rings is 1. The SMILES string of the molecule is c1ccc2c(c1)-c1cccc3c1c-2cc1c2cc(-c4nc(-c5ccc6ccccc6c5)nc(-c5cccc6ccccc56)n4)ccc2oc31. The molecule has 0 atom stereocenters. The molecule has 1 aliphatic rings. The Balaban J connectivity index is 1.16. The van der Waals surface area contributed by atoms with E-state index in [1.807, 2.05) is 0 Å². The van der Waals surface area contributed by atoms with Crippen molar-refractivity contribution in [3.63, 3.8) is 0 Å². The average Bonchev–Trinajstić information content (AvgIpc) is 3.70. The first kappa shape index (κ1) is 26.4. The third kappa shape index (κ3) is 3.89. The predicted octanol–water partition coefficient (Wildman–Crippen LogP) is 11.9. The van der Waals surface area contributed by atoms with Crippen LogP contribution in [0.2, 0.25) is 0 Å². The maximum atomic E-state index is 6.62. The maximum absolute atomic E-state index is 6.62. The zero-order chi connectivity index (χ0) is 32.1. The molecule has 0 spiro atoms. The van der Waals surface area contributed by atoms with Gasteiger partial charge in [0.1, 0.15) is 11.2 Å². The summed E-state index contributed by atoms with van der Waals surface area (Å²) >= 11 is 0. The Labute approximate surface area is 281 Å². The molecule has 0 fully saturated rings. The molecule has 11 rings (SSSR count). The molecule has 0 amide bonds. The number of hydrogen-bond donors (Lipinski definition) is 0. The van der Waals surface area contributed by atoms with Gasteiger partial charge in [-0.3, -0.25) is 0 Å². The van der Waals surface area contributed by atoms with Crippen LogP contribution in [0.25, 0.3) is 111 Å². The summed E-state index contributed by atoms with van der Waals surface area (Å²) in [5.41, 5.74) is 9.62. The Morgan fingerprint density at radius 2 is 0.959 bits per heavy atom. The number of rotatable bonds is 3. The van der Waals surface area contributed by atoms with E-state index in [0.717, 1.165) is 60.2 Å². The van der Waals surface area contributed by atoms with Gasteiger partial charge in [0, 0.05) is 38.2 Å². The number of benzene rings is 8. The Bertz CT molecular complexity index is 3010. The molecular formula is C45H25N3O. The molecule has 4 heteroatoms. The first-order valence-electron chi connectivity index (χ1n) is 16.5. The van der Waals surface area contributed by atoms with Crippen LogP contribution in [-0.4, -0.2) is 15.0 Å². The van der Waals surface area contributed by atoms with E-state index < -0.39 is 0 Å². The van der Waals surface area contributed by atoms with Gasteiger partial charge in [-0.1, -0.05) is 121 Å². The van der Waals surface area contributed by atoms with E-state index >= 15 is 0 Å². The second-order valence-electron chi connectivity index (χ2n) is 12.8. The second kappa shape index (κ2) is 9.93. The summed E-state index contributed by atoms with van der Waals surface area (Å²) in [4.78, 5) is 15.4. The lowest BCUT2D eigenvalue weighted by Gasteiger charge is -2.11. The largest absolute Gasteiger partial charge is 0.455 e. The van der Waals surface area contributed by atoms with Gasteiger partial charge < -0.3 is 4.42 Å². The van der Waals surface area contributed by atoms with Crippen molar-refractivity contribution in [2.24, 2.45) is 0 Å². The normalized spacial score (nSPS) is 12.1. The molecule has 4 nitrogen and oxygen atoms in total. The molecular weight excluding hydrogens is 599 g/mol. The van der Waals surface area contributed by atoms with Gasteiger partial charge in [0.25, 0.3) is 0 Å². The van der Waals surface area contributed by atoms with Gasteiger partial charge in [0.2, 0.25) is 0 Å². The fourth-order valence-corrected chi connectivity index (χ4v) is 7.74. The minimum Gasteiger partial charge on any atom is -0.455 e. The van der Waals surface area contributed by atoms with Crippen LogP contribution in [0.1, 0.15) is 0 Å². The van der Waals surface area contributed by atoms with E-state index in [9.17, 15) is 0 Å². The van der Waals surface area contributed by atoms with Crippen molar-refractivity contribution in [1.29, 1.82) is 0 Å². The van der Waals surface area contributed by atoms with E-state index in [4.69, 9.17) is 19.4 Å². The lowest BCUT2D eigenvalue weighted by Crippen LogP contribution is -2.00. The lowest BCUT2D eigenvalue weighted by molar-refractivity contribution is 0.673. The Kier molecular flexibility index (Phi) is 5.35. The highest BCUT2D eigenvalue weighted by molar-refractivity contribution is 6.26. The maximum Gasteiger partial charge on any atom is 0.164 e. The van der Waals surface area contributed by atoms with Crippen LogP contribution in [0.15, 0.2) is 156 Å². The van der Waals surface area contributed by atoms with E-state index in [2.05, 4.69) is 152 Å². The molecule has 8 aromatic carbocycles. The molecule has 49 heavy (non-hydrogen) atoms. The molecule has 0 aliphatic heterocycles. The molecule has 0 radical (unpaired) electrons. The average molecular weight is 624 g/mol. The molecule has 2 heterocycles. The molecule has 0 unspecified atom stereocenters. The van der Waals surface area contributed by atoms with Crippen molar-refractivity contribution in [3.8, 4) is 56.4 Å². The smallest absolute Gasteiger partial charge is 0.164 e. The molecule has 0 bridgehead atoms. The summed E-state index contributed by atoms with van der Waals surface area (Å²) < 4.78 is 6.62. The third-order valence-corrected chi connectivity index (χ3v) is 10.0. The first-order valence-corrected chi connectivity index (χ1v) is 16.5. The van der Waals surface area contributed by atoms with E-state index in [1.54, 1.807) is 0 Å². The molecule has 0 saturated carbocycles. The van der Waals surface area contributed by atoms with E-state index in [1.165, 1.54) is 33.0 Å². The topological polar surface area (TPSA) is 51.8 Å².